The highest BCUT2D eigenvalue weighted by atomic mass is 32.2. The summed E-state index contributed by atoms with van der Waals surface area (Å²) in [6, 6.07) is 2.03. The summed E-state index contributed by atoms with van der Waals surface area (Å²) in [6.07, 6.45) is 3.64. The average Bonchev–Trinajstić information content (AvgIpc) is 2.17. The number of nitrogens with two attached hydrogens (primary N) is 1. The van der Waals surface area contributed by atoms with Crippen LogP contribution in [0.3, 0.4) is 0 Å². The van der Waals surface area contributed by atoms with Crippen LogP contribution in [0, 0.1) is 5.92 Å². The second kappa shape index (κ2) is 4.14. The van der Waals surface area contributed by atoms with Gasteiger partial charge >= 0.3 is 0 Å². The quantitative estimate of drug-likeness (QED) is 0.584. The third kappa shape index (κ3) is 1.83. The molecule has 1 aliphatic heterocycles. The summed E-state index contributed by atoms with van der Waals surface area (Å²) in [5.41, 5.74) is 5.57. The lowest BCUT2D eigenvalue weighted by atomic mass is 10.0. The first kappa shape index (κ1) is 9.73. The molecule has 1 aromatic rings. The summed E-state index contributed by atoms with van der Waals surface area (Å²) >= 11 is 1.64. The molecule has 0 spiro atoms. The molecule has 1 fully saturated rings. The summed E-state index contributed by atoms with van der Waals surface area (Å²) in [7, 11) is 0. The van der Waals surface area contributed by atoms with Crippen LogP contribution in [0.4, 0.5) is 5.82 Å². The van der Waals surface area contributed by atoms with Crippen molar-refractivity contribution in [1.82, 2.24) is 9.97 Å². The van der Waals surface area contributed by atoms with E-state index in [1.807, 2.05) is 12.3 Å². The van der Waals surface area contributed by atoms with E-state index in [1.54, 1.807) is 18.1 Å². The second-order valence-corrected chi connectivity index (χ2v) is 4.25. The first-order valence-corrected chi connectivity index (χ1v) is 5.87. The molecular weight excluding hydrogens is 196 g/mol. The van der Waals surface area contributed by atoms with E-state index in [0.29, 0.717) is 5.92 Å². The Balaban J connectivity index is 2.03. The van der Waals surface area contributed by atoms with Gasteiger partial charge in [-0.25, -0.2) is 9.97 Å². The van der Waals surface area contributed by atoms with Crippen LogP contribution < -0.4 is 10.6 Å². The minimum Gasteiger partial charge on any atom is -0.356 e. The van der Waals surface area contributed by atoms with E-state index in [1.165, 1.54) is 0 Å². The van der Waals surface area contributed by atoms with Crippen molar-refractivity contribution in [3.05, 3.63) is 12.4 Å². The van der Waals surface area contributed by atoms with E-state index in [2.05, 4.69) is 14.9 Å². The van der Waals surface area contributed by atoms with Crippen LogP contribution in [0.2, 0.25) is 0 Å². The molecule has 2 rings (SSSR count). The van der Waals surface area contributed by atoms with Crippen LogP contribution >= 0.6 is 11.8 Å². The molecule has 0 amide bonds. The Morgan fingerprint density at radius 3 is 3.00 bits per heavy atom. The zero-order valence-corrected chi connectivity index (χ0v) is 9.00. The lowest BCUT2D eigenvalue weighted by Gasteiger charge is -2.39. The van der Waals surface area contributed by atoms with E-state index in [-0.39, 0.29) is 0 Å². The fourth-order valence-corrected chi connectivity index (χ4v) is 1.90. The van der Waals surface area contributed by atoms with Crippen molar-refractivity contribution in [1.29, 1.82) is 0 Å². The predicted molar refractivity (Wildman–Crippen MR) is 58.6 cm³/mol. The molecule has 0 saturated carbocycles. The van der Waals surface area contributed by atoms with Gasteiger partial charge < -0.3 is 10.6 Å². The smallest absolute Gasteiger partial charge is 0.133 e. The third-order valence-electron chi connectivity index (χ3n) is 2.45. The largest absolute Gasteiger partial charge is 0.356 e. The van der Waals surface area contributed by atoms with Crippen molar-refractivity contribution in [2.75, 3.05) is 30.8 Å². The fraction of sp³-hybridized carbons (Fsp3) is 0.556. The molecule has 0 aliphatic carbocycles. The van der Waals surface area contributed by atoms with Crippen molar-refractivity contribution >= 4 is 17.6 Å². The summed E-state index contributed by atoms with van der Waals surface area (Å²) in [4.78, 5) is 10.6. The first-order chi connectivity index (χ1) is 6.83. The fourth-order valence-electron chi connectivity index (χ4n) is 1.52. The number of aromatic nitrogens is 2. The van der Waals surface area contributed by atoms with Crippen molar-refractivity contribution in [3.63, 3.8) is 0 Å². The van der Waals surface area contributed by atoms with Gasteiger partial charge in [0, 0.05) is 25.1 Å². The number of hydrogen-bond acceptors (Lipinski definition) is 5. The molecule has 1 saturated heterocycles. The van der Waals surface area contributed by atoms with E-state index in [9.17, 15) is 0 Å². The van der Waals surface area contributed by atoms with Gasteiger partial charge in [-0.2, -0.15) is 0 Å². The Morgan fingerprint density at radius 1 is 1.57 bits per heavy atom. The number of hydrogen-bond donors (Lipinski definition) is 1. The molecule has 1 aliphatic rings. The molecule has 5 heteroatoms. The van der Waals surface area contributed by atoms with Crippen LogP contribution in [-0.2, 0) is 0 Å². The Labute approximate surface area is 87.9 Å². The molecule has 0 aromatic carbocycles. The maximum Gasteiger partial charge on any atom is 0.133 e. The maximum atomic E-state index is 5.57. The number of nitrogens with zero attached hydrogens (tertiary/aromatic N) is 3. The molecule has 2 heterocycles. The highest BCUT2D eigenvalue weighted by molar-refractivity contribution is 7.98. The highest BCUT2D eigenvalue weighted by Gasteiger charge is 2.26. The molecule has 0 bridgehead atoms. The van der Waals surface area contributed by atoms with Gasteiger partial charge in [-0.1, -0.05) is 0 Å². The zero-order valence-electron chi connectivity index (χ0n) is 8.18. The molecule has 0 unspecified atom stereocenters. The minimum atomic E-state index is 0.641. The van der Waals surface area contributed by atoms with Crippen LogP contribution in [0.1, 0.15) is 0 Å². The highest BCUT2D eigenvalue weighted by Crippen LogP contribution is 2.23. The molecule has 2 N–H and O–H groups in total. The van der Waals surface area contributed by atoms with Gasteiger partial charge in [0.2, 0.25) is 0 Å². The van der Waals surface area contributed by atoms with E-state index in [0.717, 1.165) is 30.5 Å². The van der Waals surface area contributed by atoms with Gasteiger partial charge in [-0.15, -0.1) is 11.8 Å². The molecular formula is C9H14N4S. The van der Waals surface area contributed by atoms with Gasteiger partial charge in [0.25, 0.3) is 0 Å². The average molecular weight is 210 g/mol. The Kier molecular flexibility index (Phi) is 2.88. The Bertz CT molecular complexity index is 311. The molecule has 0 radical (unpaired) electrons. The number of thioether (sulfide) groups is 1. The summed E-state index contributed by atoms with van der Waals surface area (Å²) in [5.74, 6) is 1.66. The SMILES string of the molecule is CSc1cc(N2CC(CN)C2)ncn1. The van der Waals surface area contributed by atoms with Crippen LogP contribution in [0.5, 0.6) is 0 Å². The van der Waals surface area contributed by atoms with Gasteiger partial charge in [-0.3, -0.25) is 0 Å². The summed E-state index contributed by atoms with van der Waals surface area (Å²) in [5, 5.41) is 1.02. The van der Waals surface area contributed by atoms with Crippen molar-refractivity contribution in [3.8, 4) is 0 Å². The number of anilines is 1. The van der Waals surface area contributed by atoms with Crippen molar-refractivity contribution in [2.24, 2.45) is 11.7 Å². The van der Waals surface area contributed by atoms with Gasteiger partial charge in [0.1, 0.15) is 17.2 Å². The molecule has 1 aromatic heterocycles. The van der Waals surface area contributed by atoms with E-state index >= 15 is 0 Å². The summed E-state index contributed by atoms with van der Waals surface area (Å²) < 4.78 is 0. The normalized spacial score (nSPS) is 16.9. The predicted octanol–water partition coefficient (Wildman–Crippen LogP) is 0.593. The molecule has 4 nitrogen and oxygen atoms in total. The zero-order chi connectivity index (χ0) is 9.97. The standard InChI is InChI=1S/C9H14N4S/c1-14-9-2-8(11-6-12-9)13-4-7(3-10)5-13/h2,6-7H,3-5,10H2,1H3. The topological polar surface area (TPSA) is 55.0 Å². The third-order valence-corrected chi connectivity index (χ3v) is 3.09. The Morgan fingerprint density at radius 2 is 2.36 bits per heavy atom. The van der Waals surface area contributed by atoms with Crippen molar-refractivity contribution in [2.45, 2.75) is 5.03 Å². The monoisotopic (exact) mass is 210 g/mol. The maximum absolute atomic E-state index is 5.57. The lowest BCUT2D eigenvalue weighted by molar-refractivity contribution is 0.416. The minimum absolute atomic E-state index is 0.641. The Hall–Kier alpha value is -0.810. The van der Waals surface area contributed by atoms with Crippen molar-refractivity contribution < 1.29 is 0 Å². The van der Waals surface area contributed by atoms with E-state index in [4.69, 9.17) is 5.73 Å². The summed E-state index contributed by atoms with van der Waals surface area (Å²) in [6.45, 7) is 2.83. The molecule has 14 heavy (non-hydrogen) atoms. The first-order valence-electron chi connectivity index (χ1n) is 4.64. The van der Waals surface area contributed by atoms with E-state index < -0.39 is 0 Å². The molecule has 0 atom stereocenters. The van der Waals surface area contributed by atoms with Gasteiger partial charge in [0.05, 0.1) is 0 Å². The van der Waals surface area contributed by atoms with Crippen LogP contribution in [0.25, 0.3) is 0 Å². The second-order valence-electron chi connectivity index (χ2n) is 3.43. The van der Waals surface area contributed by atoms with Crippen LogP contribution in [0.15, 0.2) is 17.4 Å². The van der Waals surface area contributed by atoms with Gasteiger partial charge in [-0.05, 0) is 12.8 Å². The molecule has 76 valence electrons. The lowest BCUT2D eigenvalue weighted by Crippen LogP contribution is -2.50. The van der Waals surface area contributed by atoms with Crippen LogP contribution in [-0.4, -0.2) is 35.9 Å². The number of rotatable bonds is 3. The van der Waals surface area contributed by atoms with Gasteiger partial charge in [0.15, 0.2) is 0 Å².